The van der Waals surface area contributed by atoms with E-state index in [2.05, 4.69) is 32.2 Å². The second-order valence-electron chi connectivity index (χ2n) is 7.65. The molecule has 2 bridgehead atoms. The van der Waals surface area contributed by atoms with Crippen molar-refractivity contribution >= 4 is 15.9 Å². The first kappa shape index (κ1) is 19.7. The zero-order valence-corrected chi connectivity index (χ0v) is 17.7. The van der Waals surface area contributed by atoms with Crippen molar-refractivity contribution < 1.29 is 13.9 Å². The van der Waals surface area contributed by atoms with Crippen LogP contribution in [0.15, 0.2) is 40.9 Å². The van der Waals surface area contributed by atoms with Crippen molar-refractivity contribution in [1.82, 2.24) is 10.2 Å². The van der Waals surface area contributed by atoms with Crippen LogP contribution < -0.4 is 14.8 Å². The Bertz CT molecular complexity index is 807. The Morgan fingerprint density at radius 1 is 1.14 bits per heavy atom. The van der Waals surface area contributed by atoms with Gasteiger partial charge in [-0.05, 0) is 83.2 Å². The lowest BCUT2D eigenvalue weighted by atomic mass is 9.84. The monoisotopic (exact) mass is 448 g/mol. The van der Waals surface area contributed by atoms with Crippen LogP contribution in [-0.2, 0) is 13.2 Å². The summed E-state index contributed by atoms with van der Waals surface area (Å²) in [6.07, 6.45) is 2.61. The molecule has 0 aromatic heterocycles. The normalized spacial score (nSPS) is 23.6. The van der Waals surface area contributed by atoms with Crippen molar-refractivity contribution in [2.75, 3.05) is 26.7 Å². The van der Waals surface area contributed by atoms with Gasteiger partial charge in [-0.1, -0.05) is 12.1 Å². The molecule has 6 heteroatoms. The van der Waals surface area contributed by atoms with Crippen molar-refractivity contribution in [2.24, 2.45) is 5.92 Å². The van der Waals surface area contributed by atoms with Crippen LogP contribution in [0.4, 0.5) is 4.39 Å². The topological polar surface area (TPSA) is 33.7 Å². The smallest absolute Gasteiger partial charge is 0.175 e. The molecular weight excluding hydrogens is 423 g/mol. The van der Waals surface area contributed by atoms with E-state index in [0.29, 0.717) is 24.1 Å². The minimum atomic E-state index is -0.248. The van der Waals surface area contributed by atoms with Gasteiger partial charge >= 0.3 is 0 Å². The van der Waals surface area contributed by atoms with Crippen LogP contribution in [0.5, 0.6) is 11.5 Å². The van der Waals surface area contributed by atoms with E-state index in [4.69, 9.17) is 9.47 Å². The molecule has 0 radical (unpaired) electrons. The highest BCUT2D eigenvalue weighted by Crippen LogP contribution is 2.37. The average molecular weight is 449 g/mol. The molecule has 1 N–H and O–H groups in total. The van der Waals surface area contributed by atoms with Crippen molar-refractivity contribution in [2.45, 2.75) is 32.0 Å². The summed E-state index contributed by atoms with van der Waals surface area (Å²) in [7, 11) is 1.65. The minimum Gasteiger partial charge on any atom is -0.493 e. The summed E-state index contributed by atoms with van der Waals surface area (Å²) >= 11 is 3.62. The minimum absolute atomic E-state index is 0.248. The second-order valence-corrected chi connectivity index (χ2v) is 8.50. The SMILES string of the molecule is COc1cc(CNC2CN3CCC2CC3)cc(Br)c1OCc1ccc(F)cc1. The van der Waals surface area contributed by atoms with Crippen LogP contribution >= 0.6 is 15.9 Å². The van der Waals surface area contributed by atoms with Crippen molar-refractivity contribution in [3.05, 3.63) is 57.8 Å². The fourth-order valence-corrected chi connectivity index (χ4v) is 4.80. The van der Waals surface area contributed by atoms with E-state index in [1.807, 2.05) is 6.07 Å². The zero-order chi connectivity index (χ0) is 19.5. The molecule has 0 aliphatic carbocycles. The molecule has 3 saturated heterocycles. The van der Waals surface area contributed by atoms with E-state index in [0.717, 1.165) is 34.6 Å². The fourth-order valence-electron chi connectivity index (χ4n) is 4.20. The molecule has 3 aliphatic heterocycles. The number of fused-ring (bicyclic) bond motifs is 3. The van der Waals surface area contributed by atoms with Gasteiger partial charge in [-0.2, -0.15) is 0 Å². The average Bonchev–Trinajstić information content (AvgIpc) is 2.73. The Balaban J connectivity index is 1.40. The molecule has 2 aromatic rings. The number of hydrogen-bond acceptors (Lipinski definition) is 4. The van der Waals surface area contributed by atoms with Gasteiger partial charge in [0.05, 0.1) is 11.6 Å². The van der Waals surface area contributed by atoms with Gasteiger partial charge in [-0.15, -0.1) is 0 Å². The van der Waals surface area contributed by atoms with E-state index in [1.54, 1.807) is 19.2 Å². The maximum absolute atomic E-state index is 13.1. The van der Waals surface area contributed by atoms with Crippen LogP contribution in [0.3, 0.4) is 0 Å². The van der Waals surface area contributed by atoms with Crippen LogP contribution in [0.1, 0.15) is 24.0 Å². The van der Waals surface area contributed by atoms with Gasteiger partial charge < -0.3 is 19.7 Å². The Morgan fingerprint density at radius 3 is 2.54 bits per heavy atom. The summed E-state index contributed by atoms with van der Waals surface area (Å²) in [6, 6.07) is 11.0. The molecule has 1 atom stereocenters. The third kappa shape index (κ3) is 4.50. The molecule has 28 heavy (non-hydrogen) atoms. The fraction of sp³-hybridized carbons (Fsp3) is 0.455. The first-order valence-electron chi connectivity index (χ1n) is 9.82. The Morgan fingerprint density at radius 2 is 1.89 bits per heavy atom. The molecule has 4 nitrogen and oxygen atoms in total. The number of benzene rings is 2. The number of nitrogens with zero attached hydrogens (tertiary/aromatic N) is 1. The first-order chi connectivity index (χ1) is 13.6. The Hall–Kier alpha value is -1.63. The van der Waals surface area contributed by atoms with E-state index in [-0.39, 0.29) is 5.82 Å². The summed E-state index contributed by atoms with van der Waals surface area (Å²) < 4.78 is 25.4. The Kier molecular flexibility index (Phi) is 6.19. The van der Waals surface area contributed by atoms with Gasteiger partial charge in [0.2, 0.25) is 0 Å². The number of rotatable bonds is 7. The summed E-state index contributed by atoms with van der Waals surface area (Å²) in [5.41, 5.74) is 2.07. The lowest BCUT2D eigenvalue weighted by Crippen LogP contribution is -2.55. The predicted molar refractivity (Wildman–Crippen MR) is 111 cm³/mol. The number of halogens is 2. The highest BCUT2D eigenvalue weighted by molar-refractivity contribution is 9.10. The molecule has 0 spiro atoms. The third-order valence-electron chi connectivity index (χ3n) is 5.81. The summed E-state index contributed by atoms with van der Waals surface area (Å²) in [4.78, 5) is 2.56. The maximum Gasteiger partial charge on any atom is 0.175 e. The summed E-state index contributed by atoms with van der Waals surface area (Å²) in [5.74, 6) is 1.91. The van der Waals surface area contributed by atoms with E-state index >= 15 is 0 Å². The molecule has 1 unspecified atom stereocenters. The van der Waals surface area contributed by atoms with E-state index < -0.39 is 0 Å². The zero-order valence-electron chi connectivity index (χ0n) is 16.1. The molecule has 5 rings (SSSR count). The number of methoxy groups -OCH3 is 1. The first-order valence-corrected chi connectivity index (χ1v) is 10.6. The molecule has 3 heterocycles. The van der Waals surface area contributed by atoms with Crippen LogP contribution in [0.2, 0.25) is 0 Å². The van der Waals surface area contributed by atoms with Gasteiger partial charge in [-0.3, -0.25) is 0 Å². The van der Waals surface area contributed by atoms with Gasteiger partial charge in [0.25, 0.3) is 0 Å². The maximum atomic E-state index is 13.1. The lowest BCUT2D eigenvalue weighted by Gasteiger charge is -2.45. The van der Waals surface area contributed by atoms with Crippen LogP contribution in [-0.4, -0.2) is 37.7 Å². The molecule has 0 saturated carbocycles. The molecule has 3 fully saturated rings. The molecule has 150 valence electrons. The third-order valence-corrected chi connectivity index (χ3v) is 6.40. The summed E-state index contributed by atoms with van der Waals surface area (Å²) in [5, 5.41) is 3.74. The number of nitrogens with one attached hydrogen (secondary N) is 1. The number of ether oxygens (including phenoxy) is 2. The van der Waals surface area contributed by atoms with Crippen molar-refractivity contribution in [3.63, 3.8) is 0 Å². The predicted octanol–water partition coefficient (Wildman–Crippen LogP) is 4.36. The Labute approximate surface area is 174 Å². The number of piperidine rings is 3. The van der Waals surface area contributed by atoms with Crippen molar-refractivity contribution in [3.8, 4) is 11.5 Å². The molecule has 0 amide bonds. The van der Waals surface area contributed by atoms with Crippen molar-refractivity contribution in [1.29, 1.82) is 0 Å². The van der Waals surface area contributed by atoms with Crippen LogP contribution in [0, 0.1) is 11.7 Å². The van der Waals surface area contributed by atoms with Gasteiger partial charge in [0.15, 0.2) is 11.5 Å². The molecular formula is C22H26BrFN2O2. The molecule has 3 aliphatic rings. The summed E-state index contributed by atoms with van der Waals surface area (Å²) in [6.45, 7) is 4.82. The largest absolute Gasteiger partial charge is 0.493 e. The standard InChI is InChI=1S/C22H26BrFN2O2/c1-27-21-11-16(12-25-20-13-26-8-6-17(20)7-9-26)10-19(23)22(21)28-14-15-2-4-18(24)5-3-15/h2-5,10-11,17,20,25H,6-9,12-14H2,1H3. The van der Waals surface area contributed by atoms with Gasteiger partial charge in [0, 0.05) is 19.1 Å². The lowest BCUT2D eigenvalue weighted by molar-refractivity contribution is 0.0720. The second kappa shape index (κ2) is 8.80. The van der Waals surface area contributed by atoms with Gasteiger partial charge in [0.1, 0.15) is 12.4 Å². The molecule has 2 aromatic carbocycles. The quantitative estimate of drug-likeness (QED) is 0.681. The van der Waals surface area contributed by atoms with E-state index in [9.17, 15) is 4.39 Å². The van der Waals surface area contributed by atoms with Gasteiger partial charge in [-0.25, -0.2) is 4.39 Å². The highest BCUT2D eigenvalue weighted by atomic mass is 79.9. The van der Waals surface area contributed by atoms with Crippen LogP contribution in [0.25, 0.3) is 0 Å². The highest BCUT2D eigenvalue weighted by Gasteiger charge is 2.33. The number of hydrogen-bond donors (Lipinski definition) is 1. The van der Waals surface area contributed by atoms with E-state index in [1.165, 1.54) is 38.1 Å².